The van der Waals surface area contributed by atoms with Crippen molar-refractivity contribution < 1.29 is 23.9 Å². The number of benzene rings is 4. The Morgan fingerprint density at radius 3 is 2.18 bits per heavy atom. The highest BCUT2D eigenvalue weighted by Gasteiger charge is 2.28. The Kier molecular flexibility index (Phi) is 10.8. The first-order chi connectivity index (χ1) is 24.2. The number of carbonyl (C=O) groups is 3. The van der Waals surface area contributed by atoms with Crippen molar-refractivity contribution >= 4 is 40.9 Å². The smallest absolute Gasteiger partial charge is 0.333 e. The van der Waals surface area contributed by atoms with Crippen molar-refractivity contribution in [3.63, 3.8) is 0 Å². The molecule has 1 saturated carbocycles. The summed E-state index contributed by atoms with van der Waals surface area (Å²) in [7, 11) is 1.87. The van der Waals surface area contributed by atoms with Gasteiger partial charge >= 0.3 is 12.0 Å². The minimum atomic E-state index is -0.487. The van der Waals surface area contributed by atoms with E-state index in [9.17, 15) is 14.4 Å². The third-order valence-electron chi connectivity index (χ3n) is 8.79. The number of urea groups is 1. The van der Waals surface area contributed by atoms with Gasteiger partial charge in [-0.25, -0.2) is 14.6 Å². The van der Waals surface area contributed by atoms with E-state index in [0.717, 1.165) is 23.2 Å². The number of amides is 3. The summed E-state index contributed by atoms with van der Waals surface area (Å²) >= 11 is 0. The number of aryl methyl sites for hydroxylation is 2. The molecule has 0 spiro atoms. The summed E-state index contributed by atoms with van der Waals surface area (Å²) < 4.78 is 11.9. The number of aliphatic imine (C=N–C) groups is 1. The molecule has 10 nitrogen and oxygen atoms in total. The second kappa shape index (κ2) is 15.7. The maximum Gasteiger partial charge on any atom is 0.333 e. The lowest BCUT2D eigenvalue weighted by atomic mass is 10.1. The molecule has 4 aromatic rings. The zero-order valence-electron chi connectivity index (χ0n) is 28.8. The molecule has 0 bridgehead atoms. The topological polar surface area (TPSA) is 104 Å². The summed E-state index contributed by atoms with van der Waals surface area (Å²) in [6.07, 6.45) is 3.46. The first kappa shape index (κ1) is 34.2. The predicted octanol–water partition coefficient (Wildman–Crippen LogP) is 7.29. The standard InChI is InChI=1S/C40H43N5O5/c1-28-12-10-13-29(2)38(28)50-37(47)27-44-26-31-24-34(49-23-11-18-36(46)43(3)25-30-19-20-30)21-22-35(31)41-39(44)42-40(48)45(32-14-6-4-7-15-32)33-16-8-5-9-17-33/h4-10,12-17,21-22,24,30H,11,18-20,23,25-27H2,1-3H3,(H,41,42,48). The zero-order chi connectivity index (χ0) is 35.0. The Bertz CT molecular complexity index is 1800. The van der Waals surface area contributed by atoms with E-state index in [-0.39, 0.29) is 25.0 Å². The van der Waals surface area contributed by atoms with E-state index in [4.69, 9.17) is 14.5 Å². The molecule has 10 heteroatoms. The van der Waals surface area contributed by atoms with Gasteiger partial charge in [-0.15, -0.1) is 0 Å². The Hall–Kier alpha value is -5.64. The van der Waals surface area contributed by atoms with Crippen molar-refractivity contribution in [3.05, 3.63) is 114 Å². The van der Waals surface area contributed by atoms with Crippen LogP contribution in [0.25, 0.3) is 0 Å². The highest BCUT2D eigenvalue weighted by Crippen LogP contribution is 2.32. The van der Waals surface area contributed by atoms with Gasteiger partial charge in [-0.2, -0.15) is 0 Å². The van der Waals surface area contributed by atoms with Crippen molar-refractivity contribution in [3.8, 4) is 11.5 Å². The van der Waals surface area contributed by atoms with Crippen LogP contribution in [0.5, 0.6) is 11.5 Å². The average Bonchev–Trinajstić information content (AvgIpc) is 3.93. The largest absolute Gasteiger partial charge is 0.494 e. The van der Waals surface area contributed by atoms with Crippen LogP contribution >= 0.6 is 0 Å². The normalized spacial score (nSPS) is 13.5. The van der Waals surface area contributed by atoms with Crippen molar-refractivity contribution in [1.29, 1.82) is 0 Å². The van der Waals surface area contributed by atoms with Gasteiger partial charge in [0.15, 0.2) is 0 Å². The van der Waals surface area contributed by atoms with Crippen LogP contribution in [-0.4, -0.2) is 60.4 Å². The monoisotopic (exact) mass is 673 g/mol. The lowest BCUT2D eigenvalue weighted by Gasteiger charge is -2.31. The van der Waals surface area contributed by atoms with Gasteiger partial charge in [-0.05, 0) is 92.6 Å². The summed E-state index contributed by atoms with van der Waals surface area (Å²) in [4.78, 5) is 49.8. The molecule has 1 fully saturated rings. The Labute approximate surface area is 293 Å². The van der Waals surface area contributed by atoms with Gasteiger partial charge in [0.25, 0.3) is 0 Å². The third-order valence-corrected chi connectivity index (χ3v) is 8.79. The number of carbonyl (C=O) groups excluding carboxylic acids is 3. The number of fused-ring (bicyclic) bond motifs is 1. The van der Waals surface area contributed by atoms with Crippen LogP contribution in [0.2, 0.25) is 0 Å². The first-order valence-corrected chi connectivity index (χ1v) is 17.1. The molecule has 1 aliphatic carbocycles. The molecular formula is C40H43N5O5. The van der Waals surface area contributed by atoms with Gasteiger partial charge in [0.05, 0.1) is 23.7 Å². The zero-order valence-corrected chi connectivity index (χ0v) is 28.8. The van der Waals surface area contributed by atoms with Crippen LogP contribution in [0.3, 0.4) is 0 Å². The van der Waals surface area contributed by atoms with E-state index in [2.05, 4.69) is 5.32 Å². The maximum atomic E-state index is 14.0. The molecule has 6 rings (SSSR count). The van der Waals surface area contributed by atoms with E-state index < -0.39 is 12.0 Å². The molecule has 0 saturated heterocycles. The van der Waals surface area contributed by atoms with Crippen molar-refractivity contribution in [2.24, 2.45) is 10.9 Å². The van der Waals surface area contributed by atoms with Crippen LogP contribution < -0.4 is 19.7 Å². The van der Waals surface area contributed by atoms with E-state index in [0.29, 0.717) is 53.9 Å². The molecule has 0 atom stereocenters. The number of hydrogen-bond donors (Lipinski definition) is 1. The van der Waals surface area contributed by atoms with Crippen LogP contribution in [0, 0.1) is 19.8 Å². The Morgan fingerprint density at radius 2 is 1.54 bits per heavy atom. The maximum absolute atomic E-state index is 14.0. The molecule has 1 aliphatic heterocycles. The predicted molar refractivity (Wildman–Crippen MR) is 194 cm³/mol. The van der Waals surface area contributed by atoms with Crippen LogP contribution in [0.4, 0.5) is 21.9 Å². The fourth-order valence-electron chi connectivity index (χ4n) is 5.94. The van der Waals surface area contributed by atoms with Crippen molar-refractivity contribution in [2.45, 2.75) is 46.1 Å². The van der Waals surface area contributed by atoms with Gasteiger partial charge in [0.1, 0.15) is 18.0 Å². The van der Waals surface area contributed by atoms with E-state index in [1.165, 1.54) is 12.8 Å². The van der Waals surface area contributed by atoms with Gasteiger partial charge in [-0.3, -0.25) is 15.0 Å². The summed E-state index contributed by atoms with van der Waals surface area (Å²) in [6, 6.07) is 29.5. The molecule has 1 N–H and O–H groups in total. The highest BCUT2D eigenvalue weighted by atomic mass is 16.5. The number of para-hydroxylation sites is 3. The Balaban J connectivity index is 1.20. The molecule has 0 unspecified atom stereocenters. The van der Waals surface area contributed by atoms with Gasteiger partial charge in [-0.1, -0.05) is 54.6 Å². The third kappa shape index (κ3) is 8.68. The van der Waals surface area contributed by atoms with E-state index in [1.807, 2.05) is 123 Å². The molecule has 4 aromatic carbocycles. The minimum absolute atomic E-state index is 0.136. The number of hydrogen-bond acceptors (Lipinski definition) is 7. The quantitative estimate of drug-likeness (QED) is 0.0963. The molecule has 258 valence electrons. The van der Waals surface area contributed by atoms with Crippen molar-refractivity contribution in [1.82, 2.24) is 15.1 Å². The number of nitrogens with zero attached hydrogens (tertiary/aromatic N) is 4. The van der Waals surface area contributed by atoms with Crippen LogP contribution in [0.1, 0.15) is 42.4 Å². The van der Waals surface area contributed by atoms with E-state index >= 15 is 0 Å². The molecule has 0 aromatic heterocycles. The number of guanidine groups is 1. The van der Waals surface area contributed by atoms with Crippen molar-refractivity contribution in [2.75, 3.05) is 31.6 Å². The van der Waals surface area contributed by atoms with Crippen LogP contribution in [-0.2, 0) is 16.1 Å². The molecular weight excluding hydrogens is 630 g/mol. The first-order valence-electron chi connectivity index (χ1n) is 17.1. The fourth-order valence-corrected chi connectivity index (χ4v) is 5.94. The average molecular weight is 674 g/mol. The number of esters is 1. The van der Waals surface area contributed by atoms with Gasteiger partial charge in [0, 0.05) is 32.1 Å². The summed E-state index contributed by atoms with van der Waals surface area (Å²) in [5.41, 5.74) is 4.52. The highest BCUT2D eigenvalue weighted by molar-refractivity contribution is 6.09. The van der Waals surface area contributed by atoms with Gasteiger partial charge in [0.2, 0.25) is 11.9 Å². The Morgan fingerprint density at radius 1 is 0.880 bits per heavy atom. The van der Waals surface area contributed by atoms with Gasteiger partial charge < -0.3 is 19.3 Å². The fraction of sp³-hybridized carbons (Fsp3) is 0.300. The molecule has 3 amide bonds. The molecule has 2 aliphatic rings. The number of anilines is 2. The summed E-state index contributed by atoms with van der Waals surface area (Å²) in [6.45, 7) is 5.13. The number of nitrogens with one attached hydrogen (secondary N) is 1. The lowest BCUT2D eigenvalue weighted by molar-refractivity contribution is -0.135. The lowest BCUT2D eigenvalue weighted by Crippen LogP contribution is -2.50. The number of ether oxygens (including phenoxy) is 2. The summed E-state index contributed by atoms with van der Waals surface area (Å²) in [5.74, 6) is 1.69. The summed E-state index contributed by atoms with van der Waals surface area (Å²) in [5, 5.41) is 2.98. The van der Waals surface area contributed by atoms with E-state index in [1.54, 1.807) is 9.80 Å². The molecule has 50 heavy (non-hydrogen) atoms. The molecule has 0 radical (unpaired) electrons. The second-order valence-corrected chi connectivity index (χ2v) is 12.9. The number of rotatable bonds is 12. The minimum Gasteiger partial charge on any atom is -0.494 e. The van der Waals surface area contributed by atoms with Crippen LogP contribution in [0.15, 0.2) is 102 Å². The molecule has 1 heterocycles. The SMILES string of the molecule is Cc1cccc(C)c1OC(=O)CN1Cc2cc(OCCCC(=O)N(C)CC3CC3)ccc2N=C1NC(=O)N(c1ccccc1)c1ccccc1. The second-order valence-electron chi connectivity index (χ2n) is 12.9.